The van der Waals surface area contributed by atoms with Crippen molar-refractivity contribution < 1.29 is 14.7 Å². The zero-order valence-corrected chi connectivity index (χ0v) is 19.5. The Balaban J connectivity index is 1.34. The van der Waals surface area contributed by atoms with Crippen LogP contribution in [0.4, 0.5) is 10.9 Å². The van der Waals surface area contributed by atoms with E-state index in [0.29, 0.717) is 37.3 Å². The Bertz CT molecular complexity index is 1100. The lowest BCUT2D eigenvalue weighted by Crippen LogP contribution is -2.38. The minimum atomic E-state index is -0.0611. The van der Waals surface area contributed by atoms with Crippen LogP contribution >= 0.6 is 22.7 Å². The summed E-state index contributed by atoms with van der Waals surface area (Å²) in [4.78, 5) is 34.1. The Kier molecular flexibility index (Phi) is 7.08. The molecule has 0 aromatic carbocycles. The summed E-state index contributed by atoms with van der Waals surface area (Å²) in [6.07, 6.45) is 2.91. The monoisotopic (exact) mass is 472 g/mol. The molecule has 0 saturated carbocycles. The SMILES string of the molecule is Cc1nc(C)c(-c2csc(Nc3ccc(C(=O)N4CCC(=NOCCO)CC4)cn3)n2)s1. The molecule has 3 aromatic rings. The van der Waals surface area contributed by atoms with Crippen LogP contribution in [0.1, 0.15) is 33.9 Å². The van der Waals surface area contributed by atoms with E-state index in [1.54, 1.807) is 34.6 Å². The third-order valence-electron chi connectivity index (χ3n) is 4.89. The van der Waals surface area contributed by atoms with Gasteiger partial charge in [0.25, 0.3) is 5.91 Å². The molecule has 32 heavy (non-hydrogen) atoms. The van der Waals surface area contributed by atoms with Gasteiger partial charge in [0.1, 0.15) is 12.4 Å². The standard InChI is InChI=1S/C21H24N6O3S2/c1-13-19(32-14(2)23-13)17-12-31-21(24-17)25-18-4-3-15(11-22-18)20(29)27-7-5-16(6-8-27)26-30-10-9-28/h3-4,11-12,28H,5-10H2,1-2H3,(H,22,24,25). The van der Waals surface area contributed by atoms with Crippen LogP contribution in [0.2, 0.25) is 0 Å². The molecule has 4 heterocycles. The first-order chi connectivity index (χ1) is 15.5. The van der Waals surface area contributed by atoms with Gasteiger partial charge in [0.2, 0.25) is 0 Å². The lowest BCUT2D eigenvalue weighted by molar-refractivity contribution is 0.0745. The third kappa shape index (κ3) is 5.29. The van der Waals surface area contributed by atoms with Gasteiger partial charge in [-0.25, -0.2) is 15.0 Å². The molecule has 0 aliphatic carbocycles. The van der Waals surface area contributed by atoms with Gasteiger partial charge >= 0.3 is 0 Å². The number of aromatic nitrogens is 3. The average molecular weight is 473 g/mol. The number of carbonyl (C=O) groups excluding carboxylic acids is 1. The molecule has 0 spiro atoms. The lowest BCUT2D eigenvalue weighted by atomic mass is 10.1. The number of rotatable bonds is 7. The number of aliphatic hydroxyl groups is 1. The van der Waals surface area contributed by atoms with E-state index in [0.717, 1.165) is 32.1 Å². The van der Waals surface area contributed by atoms with Crippen molar-refractivity contribution >= 4 is 45.2 Å². The minimum Gasteiger partial charge on any atom is -0.393 e. The molecule has 168 valence electrons. The molecule has 1 amide bonds. The van der Waals surface area contributed by atoms with Crippen molar-refractivity contribution in [3.63, 3.8) is 0 Å². The number of aryl methyl sites for hydroxylation is 2. The fraction of sp³-hybridized carbons (Fsp3) is 0.381. The summed E-state index contributed by atoms with van der Waals surface area (Å²) in [6, 6.07) is 3.56. The number of nitrogens with zero attached hydrogens (tertiary/aromatic N) is 5. The number of piperidine rings is 1. The van der Waals surface area contributed by atoms with Gasteiger partial charge in [-0.3, -0.25) is 4.79 Å². The first-order valence-corrected chi connectivity index (χ1v) is 11.9. The maximum absolute atomic E-state index is 12.8. The second-order valence-corrected chi connectivity index (χ2v) is 9.31. The second kappa shape index (κ2) is 10.2. The topological polar surface area (TPSA) is 113 Å². The highest BCUT2D eigenvalue weighted by Gasteiger charge is 2.22. The maximum atomic E-state index is 12.8. The van der Waals surface area contributed by atoms with Crippen LogP contribution in [0.25, 0.3) is 10.6 Å². The van der Waals surface area contributed by atoms with E-state index >= 15 is 0 Å². The van der Waals surface area contributed by atoms with E-state index in [2.05, 4.69) is 25.4 Å². The van der Waals surface area contributed by atoms with Crippen molar-refractivity contribution in [2.24, 2.45) is 5.16 Å². The average Bonchev–Trinajstić information content (AvgIpc) is 3.39. The number of aliphatic hydroxyl groups excluding tert-OH is 1. The van der Waals surface area contributed by atoms with Crippen LogP contribution in [-0.2, 0) is 4.84 Å². The van der Waals surface area contributed by atoms with Gasteiger partial charge in [-0.1, -0.05) is 5.16 Å². The van der Waals surface area contributed by atoms with E-state index in [9.17, 15) is 4.79 Å². The molecule has 0 radical (unpaired) electrons. The van der Waals surface area contributed by atoms with Crippen LogP contribution in [0.15, 0.2) is 28.9 Å². The summed E-state index contributed by atoms with van der Waals surface area (Å²) in [5, 5.41) is 19.7. The number of amides is 1. The Morgan fingerprint density at radius 3 is 2.75 bits per heavy atom. The predicted molar refractivity (Wildman–Crippen MR) is 126 cm³/mol. The number of hydrogen-bond donors (Lipinski definition) is 2. The van der Waals surface area contributed by atoms with E-state index in [-0.39, 0.29) is 19.1 Å². The fourth-order valence-electron chi connectivity index (χ4n) is 3.33. The highest BCUT2D eigenvalue weighted by atomic mass is 32.1. The Hall–Kier alpha value is -2.89. The molecule has 11 heteroatoms. The normalized spacial score (nSPS) is 13.8. The van der Waals surface area contributed by atoms with Crippen LogP contribution in [0.3, 0.4) is 0 Å². The number of carbonyl (C=O) groups is 1. The summed E-state index contributed by atoms with van der Waals surface area (Å²) >= 11 is 3.14. The van der Waals surface area contributed by atoms with Crippen LogP contribution in [-0.4, -0.2) is 62.9 Å². The lowest BCUT2D eigenvalue weighted by Gasteiger charge is -2.27. The minimum absolute atomic E-state index is 0.0491. The van der Waals surface area contributed by atoms with E-state index in [4.69, 9.17) is 9.94 Å². The molecular formula is C21H24N6O3S2. The van der Waals surface area contributed by atoms with Crippen LogP contribution < -0.4 is 5.32 Å². The molecule has 1 fully saturated rings. The largest absolute Gasteiger partial charge is 0.393 e. The molecule has 9 nitrogen and oxygen atoms in total. The first-order valence-electron chi connectivity index (χ1n) is 10.2. The van der Waals surface area contributed by atoms with Crippen molar-refractivity contribution in [2.45, 2.75) is 26.7 Å². The number of hydrogen-bond acceptors (Lipinski definition) is 10. The van der Waals surface area contributed by atoms with Crippen molar-refractivity contribution in [2.75, 3.05) is 31.6 Å². The fourth-order valence-corrected chi connectivity index (χ4v) is 4.99. The maximum Gasteiger partial charge on any atom is 0.255 e. The summed E-state index contributed by atoms with van der Waals surface area (Å²) in [5.41, 5.74) is 3.34. The third-order valence-corrected chi connectivity index (χ3v) is 6.74. The van der Waals surface area contributed by atoms with Crippen molar-refractivity contribution in [1.29, 1.82) is 0 Å². The highest BCUT2D eigenvalue weighted by molar-refractivity contribution is 7.16. The van der Waals surface area contributed by atoms with Crippen molar-refractivity contribution in [3.05, 3.63) is 40.0 Å². The van der Waals surface area contributed by atoms with Gasteiger partial charge in [0, 0.05) is 37.5 Å². The van der Waals surface area contributed by atoms with E-state index in [1.807, 2.05) is 19.2 Å². The van der Waals surface area contributed by atoms with Gasteiger partial charge in [-0.05, 0) is 26.0 Å². The number of anilines is 2. The summed E-state index contributed by atoms with van der Waals surface area (Å²) < 4.78 is 0. The predicted octanol–water partition coefficient (Wildman–Crippen LogP) is 3.62. The van der Waals surface area contributed by atoms with Crippen molar-refractivity contribution in [3.8, 4) is 10.6 Å². The summed E-state index contributed by atoms with van der Waals surface area (Å²) in [5.74, 6) is 0.584. The number of nitrogens with one attached hydrogen (secondary N) is 1. The zero-order chi connectivity index (χ0) is 22.5. The smallest absolute Gasteiger partial charge is 0.255 e. The second-order valence-electron chi connectivity index (χ2n) is 7.25. The van der Waals surface area contributed by atoms with E-state index < -0.39 is 0 Å². The zero-order valence-electron chi connectivity index (χ0n) is 17.9. The molecule has 1 saturated heterocycles. The van der Waals surface area contributed by atoms with Gasteiger partial charge in [-0.15, -0.1) is 22.7 Å². The Morgan fingerprint density at radius 1 is 1.28 bits per heavy atom. The van der Waals surface area contributed by atoms with Gasteiger partial charge in [0.15, 0.2) is 5.13 Å². The summed E-state index contributed by atoms with van der Waals surface area (Å²) in [6.45, 7) is 5.27. The number of likely N-dealkylation sites (tertiary alicyclic amines) is 1. The molecule has 0 bridgehead atoms. The van der Waals surface area contributed by atoms with Crippen LogP contribution in [0, 0.1) is 13.8 Å². The molecule has 4 rings (SSSR count). The molecule has 0 unspecified atom stereocenters. The van der Waals surface area contributed by atoms with Gasteiger partial charge in [0.05, 0.1) is 39.2 Å². The molecule has 1 aliphatic rings. The van der Waals surface area contributed by atoms with Crippen molar-refractivity contribution in [1.82, 2.24) is 19.9 Å². The van der Waals surface area contributed by atoms with E-state index in [1.165, 1.54) is 11.3 Å². The van der Waals surface area contributed by atoms with Crippen LogP contribution in [0.5, 0.6) is 0 Å². The number of pyridine rings is 1. The highest BCUT2D eigenvalue weighted by Crippen LogP contribution is 2.32. The number of thiazole rings is 2. The molecule has 1 aliphatic heterocycles. The Morgan fingerprint density at radius 2 is 2.09 bits per heavy atom. The summed E-state index contributed by atoms with van der Waals surface area (Å²) in [7, 11) is 0. The number of oxime groups is 1. The molecule has 3 aromatic heterocycles. The molecular weight excluding hydrogens is 448 g/mol. The quantitative estimate of drug-likeness (QED) is 0.399. The van der Waals surface area contributed by atoms with Gasteiger partial charge in [-0.2, -0.15) is 0 Å². The molecule has 0 atom stereocenters. The van der Waals surface area contributed by atoms with Gasteiger partial charge < -0.3 is 20.2 Å². The molecule has 2 N–H and O–H groups in total. The Labute approximate surface area is 193 Å². The first kappa shape index (κ1) is 22.3.